The Hall–Kier alpha value is -1.82. The minimum atomic E-state index is -0.889. The second-order valence-corrected chi connectivity index (χ2v) is 5.66. The molecule has 106 valence electrons. The van der Waals surface area contributed by atoms with Gasteiger partial charge in [0.05, 0.1) is 16.1 Å². The number of carbonyl (C=O) groups excluding carboxylic acids is 1. The van der Waals surface area contributed by atoms with Gasteiger partial charge >= 0.3 is 0 Å². The summed E-state index contributed by atoms with van der Waals surface area (Å²) in [7, 11) is 0. The summed E-state index contributed by atoms with van der Waals surface area (Å²) in [6, 6.07) is 12.5. The number of benzene rings is 2. The number of rotatable bonds is 3. The molecule has 2 aromatic carbocycles. The Kier molecular flexibility index (Phi) is 4.67. The molecule has 0 bridgehead atoms. The van der Waals surface area contributed by atoms with Crippen molar-refractivity contribution in [2.24, 2.45) is 0 Å². The van der Waals surface area contributed by atoms with E-state index in [4.69, 9.17) is 23.2 Å². The van der Waals surface area contributed by atoms with Crippen LogP contribution in [-0.4, -0.2) is 5.78 Å². The fraction of sp³-hybridized carbons (Fsp3) is 0.176. The van der Waals surface area contributed by atoms with Crippen LogP contribution in [0.2, 0.25) is 10.0 Å². The number of ketones is 1. The molecule has 0 N–H and O–H groups in total. The van der Waals surface area contributed by atoms with Crippen molar-refractivity contribution in [3.05, 3.63) is 68.7 Å². The first-order valence-electron chi connectivity index (χ1n) is 6.40. The summed E-state index contributed by atoms with van der Waals surface area (Å²) in [6.07, 6.45) is 0. The zero-order valence-corrected chi connectivity index (χ0v) is 13.2. The number of Topliss-reactive ketones (excluding diaryl/α,β-unsaturated/α-hetero) is 1. The second-order valence-electron chi connectivity index (χ2n) is 4.87. The van der Waals surface area contributed by atoms with Gasteiger partial charge in [-0.05, 0) is 42.7 Å². The van der Waals surface area contributed by atoms with Gasteiger partial charge in [-0.1, -0.05) is 47.5 Å². The molecule has 0 aliphatic rings. The van der Waals surface area contributed by atoms with Crippen LogP contribution in [0.25, 0.3) is 0 Å². The van der Waals surface area contributed by atoms with Gasteiger partial charge in [0.25, 0.3) is 0 Å². The van der Waals surface area contributed by atoms with Crippen LogP contribution < -0.4 is 0 Å². The van der Waals surface area contributed by atoms with E-state index in [1.54, 1.807) is 24.3 Å². The van der Waals surface area contributed by atoms with E-state index in [9.17, 15) is 10.1 Å². The van der Waals surface area contributed by atoms with Crippen molar-refractivity contribution >= 4 is 29.0 Å². The summed E-state index contributed by atoms with van der Waals surface area (Å²) in [5.74, 6) is -1.23. The third kappa shape index (κ3) is 3.10. The molecule has 2 aromatic rings. The van der Waals surface area contributed by atoms with Gasteiger partial charge in [0.15, 0.2) is 5.78 Å². The van der Waals surface area contributed by atoms with Gasteiger partial charge in [0, 0.05) is 5.56 Å². The third-order valence-electron chi connectivity index (χ3n) is 3.47. The van der Waals surface area contributed by atoms with Crippen LogP contribution in [0, 0.1) is 25.2 Å². The molecule has 21 heavy (non-hydrogen) atoms. The highest BCUT2D eigenvalue weighted by Crippen LogP contribution is 2.30. The lowest BCUT2D eigenvalue weighted by Gasteiger charge is -2.12. The molecule has 2 nitrogen and oxygen atoms in total. The van der Waals surface area contributed by atoms with Gasteiger partial charge in [-0.25, -0.2) is 0 Å². The molecule has 0 aliphatic carbocycles. The Morgan fingerprint density at radius 1 is 1.14 bits per heavy atom. The van der Waals surface area contributed by atoms with E-state index >= 15 is 0 Å². The van der Waals surface area contributed by atoms with Gasteiger partial charge in [0.1, 0.15) is 5.92 Å². The number of nitrogens with zero attached hydrogens (tertiary/aromatic N) is 1. The Bertz CT molecular complexity index is 747. The Labute approximate surface area is 133 Å². The standard InChI is InChI=1S/C17H13Cl2NO/c1-10-6-7-12(8-11(10)2)14(9-20)17(21)13-4-3-5-15(18)16(13)19/h3-8,14H,1-2H3. The molecule has 0 heterocycles. The quantitative estimate of drug-likeness (QED) is 0.739. The number of hydrogen-bond acceptors (Lipinski definition) is 2. The normalized spacial score (nSPS) is 11.8. The summed E-state index contributed by atoms with van der Waals surface area (Å²) in [5, 5.41) is 9.88. The van der Waals surface area contributed by atoms with Gasteiger partial charge < -0.3 is 0 Å². The van der Waals surface area contributed by atoms with Crippen molar-refractivity contribution in [2.75, 3.05) is 0 Å². The van der Waals surface area contributed by atoms with E-state index in [0.29, 0.717) is 10.6 Å². The summed E-state index contributed by atoms with van der Waals surface area (Å²) in [5.41, 5.74) is 3.09. The van der Waals surface area contributed by atoms with Crippen LogP contribution in [-0.2, 0) is 0 Å². The van der Waals surface area contributed by atoms with Crippen molar-refractivity contribution < 1.29 is 4.79 Å². The SMILES string of the molecule is Cc1ccc(C(C#N)C(=O)c2cccc(Cl)c2Cl)cc1C. The molecule has 4 heteroatoms. The molecule has 1 atom stereocenters. The first kappa shape index (κ1) is 15.6. The Morgan fingerprint density at radius 3 is 2.48 bits per heavy atom. The highest BCUT2D eigenvalue weighted by atomic mass is 35.5. The van der Waals surface area contributed by atoms with Gasteiger partial charge in [0.2, 0.25) is 0 Å². The van der Waals surface area contributed by atoms with Crippen LogP contribution >= 0.6 is 23.2 Å². The lowest BCUT2D eigenvalue weighted by Crippen LogP contribution is -2.12. The third-order valence-corrected chi connectivity index (χ3v) is 4.29. The van der Waals surface area contributed by atoms with Crippen LogP contribution in [0.5, 0.6) is 0 Å². The lowest BCUT2D eigenvalue weighted by atomic mass is 9.90. The molecule has 0 amide bonds. The van der Waals surface area contributed by atoms with Gasteiger partial charge in [-0.2, -0.15) is 5.26 Å². The number of halogens is 2. The van der Waals surface area contributed by atoms with Crippen molar-refractivity contribution in [2.45, 2.75) is 19.8 Å². The maximum atomic E-state index is 12.6. The van der Waals surface area contributed by atoms with Crippen LogP contribution in [0.3, 0.4) is 0 Å². The highest BCUT2D eigenvalue weighted by Gasteiger charge is 2.24. The Morgan fingerprint density at radius 2 is 1.86 bits per heavy atom. The fourth-order valence-corrected chi connectivity index (χ4v) is 2.47. The van der Waals surface area contributed by atoms with Crippen molar-refractivity contribution in [1.29, 1.82) is 5.26 Å². The molecule has 0 saturated heterocycles. The van der Waals surface area contributed by atoms with E-state index in [1.165, 1.54) is 0 Å². The zero-order valence-electron chi connectivity index (χ0n) is 11.7. The summed E-state index contributed by atoms with van der Waals surface area (Å²) < 4.78 is 0. The maximum Gasteiger partial charge on any atom is 0.186 e. The molecule has 0 radical (unpaired) electrons. The molecule has 2 rings (SSSR count). The number of hydrogen-bond donors (Lipinski definition) is 0. The topological polar surface area (TPSA) is 40.9 Å². The second kappa shape index (κ2) is 6.30. The van der Waals surface area contributed by atoms with E-state index in [1.807, 2.05) is 26.0 Å². The molecular formula is C17H13Cl2NO. The van der Waals surface area contributed by atoms with Gasteiger partial charge in [-0.15, -0.1) is 0 Å². The van der Waals surface area contributed by atoms with Crippen molar-refractivity contribution in [3.8, 4) is 6.07 Å². The Balaban J connectivity index is 2.46. The number of carbonyl (C=O) groups is 1. The van der Waals surface area contributed by atoms with E-state index < -0.39 is 5.92 Å². The van der Waals surface area contributed by atoms with Crippen molar-refractivity contribution in [3.63, 3.8) is 0 Å². The number of nitriles is 1. The minimum Gasteiger partial charge on any atom is -0.292 e. The fourth-order valence-electron chi connectivity index (χ4n) is 2.08. The summed E-state index contributed by atoms with van der Waals surface area (Å²) in [6.45, 7) is 3.93. The smallest absolute Gasteiger partial charge is 0.186 e. The van der Waals surface area contributed by atoms with E-state index in [2.05, 4.69) is 6.07 Å². The molecule has 0 aromatic heterocycles. The van der Waals surface area contributed by atoms with E-state index in [-0.39, 0.29) is 16.4 Å². The monoisotopic (exact) mass is 317 g/mol. The van der Waals surface area contributed by atoms with Crippen LogP contribution in [0.1, 0.15) is 33.0 Å². The maximum absolute atomic E-state index is 12.6. The summed E-state index contributed by atoms with van der Waals surface area (Å²) in [4.78, 5) is 12.6. The predicted molar refractivity (Wildman–Crippen MR) is 85.1 cm³/mol. The predicted octanol–water partition coefficient (Wildman–Crippen LogP) is 5.10. The molecular weight excluding hydrogens is 305 g/mol. The lowest BCUT2D eigenvalue weighted by molar-refractivity contribution is 0.0979. The molecule has 1 unspecified atom stereocenters. The average molecular weight is 318 g/mol. The van der Waals surface area contributed by atoms with Crippen LogP contribution in [0.4, 0.5) is 0 Å². The highest BCUT2D eigenvalue weighted by molar-refractivity contribution is 6.44. The molecule has 0 fully saturated rings. The number of aryl methyl sites for hydroxylation is 2. The van der Waals surface area contributed by atoms with Gasteiger partial charge in [-0.3, -0.25) is 4.79 Å². The molecule has 0 aliphatic heterocycles. The first-order chi connectivity index (χ1) is 9.95. The average Bonchev–Trinajstić information content (AvgIpc) is 2.46. The molecule has 0 saturated carbocycles. The minimum absolute atomic E-state index is 0.188. The summed E-state index contributed by atoms with van der Waals surface area (Å²) >= 11 is 12.0. The van der Waals surface area contributed by atoms with E-state index in [0.717, 1.165) is 11.1 Å². The van der Waals surface area contributed by atoms with Crippen molar-refractivity contribution in [1.82, 2.24) is 0 Å². The largest absolute Gasteiger partial charge is 0.292 e. The van der Waals surface area contributed by atoms with Crippen LogP contribution in [0.15, 0.2) is 36.4 Å². The first-order valence-corrected chi connectivity index (χ1v) is 7.16. The zero-order chi connectivity index (χ0) is 15.6. The molecule has 0 spiro atoms.